The topological polar surface area (TPSA) is 66.5 Å². The molecule has 28 heavy (non-hydrogen) atoms. The van der Waals surface area contributed by atoms with Crippen LogP contribution in [0.15, 0.2) is 35.2 Å². The fourth-order valence-electron chi connectivity index (χ4n) is 4.08. The molecule has 0 saturated carbocycles. The lowest BCUT2D eigenvalue weighted by Gasteiger charge is -2.25. The molecule has 3 rings (SSSR count). The van der Waals surface area contributed by atoms with Crippen LogP contribution in [0.5, 0.6) is 0 Å². The summed E-state index contributed by atoms with van der Waals surface area (Å²) in [4.78, 5) is 13.3. The largest absolute Gasteiger partial charge is 0.324 e. The lowest BCUT2D eigenvalue weighted by molar-refractivity contribution is -0.119. The second-order valence-corrected chi connectivity index (χ2v) is 9.57. The third-order valence-corrected chi connectivity index (χ3v) is 7.75. The number of hydrogen-bond acceptors (Lipinski definition) is 3. The first kappa shape index (κ1) is 20.6. The van der Waals surface area contributed by atoms with Crippen molar-refractivity contribution in [3.8, 4) is 0 Å². The third kappa shape index (κ3) is 3.71. The van der Waals surface area contributed by atoms with Gasteiger partial charge in [-0.3, -0.25) is 4.79 Å². The summed E-state index contributed by atoms with van der Waals surface area (Å²) < 4.78 is 28.2. The van der Waals surface area contributed by atoms with Gasteiger partial charge in [-0.25, -0.2) is 8.42 Å². The van der Waals surface area contributed by atoms with E-state index in [9.17, 15) is 13.2 Å². The van der Waals surface area contributed by atoms with Crippen LogP contribution in [0.2, 0.25) is 0 Å². The van der Waals surface area contributed by atoms with E-state index in [1.54, 1.807) is 0 Å². The van der Waals surface area contributed by atoms with Crippen molar-refractivity contribution < 1.29 is 13.2 Å². The van der Waals surface area contributed by atoms with Crippen LogP contribution >= 0.6 is 0 Å². The van der Waals surface area contributed by atoms with Crippen molar-refractivity contribution in [2.75, 3.05) is 11.9 Å². The maximum absolute atomic E-state index is 13.4. The first-order valence-electron chi connectivity index (χ1n) is 9.59. The lowest BCUT2D eigenvalue weighted by atomic mass is 10.1. The molecule has 150 valence electrons. The van der Waals surface area contributed by atoms with Gasteiger partial charge in [0.25, 0.3) is 0 Å². The number of rotatable bonds is 4. The molecule has 0 radical (unpaired) electrons. The van der Waals surface area contributed by atoms with Gasteiger partial charge in [0, 0.05) is 12.2 Å². The van der Waals surface area contributed by atoms with Gasteiger partial charge in [-0.05, 0) is 75.8 Å². The van der Waals surface area contributed by atoms with Crippen LogP contribution in [0.1, 0.15) is 40.7 Å². The zero-order valence-corrected chi connectivity index (χ0v) is 18.0. The Balaban J connectivity index is 1.92. The second-order valence-electron chi connectivity index (χ2n) is 7.74. The zero-order valence-electron chi connectivity index (χ0n) is 17.2. The smallest absolute Gasteiger partial charge is 0.244 e. The molecule has 2 aromatic carbocycles. The van der Waals surface area contributed by atoms with Crippen LogP contribution in [0.4, 0.5) is 5.69 Å². The van der Waals surface area contributed by atoms with Crippen LogP contribution < -0.4 is 5.32 Å². The molecule has 1 unspecified atom stereocenters. The highest BCUT2D eigenvalue weighted by Gasteiger charge is 2.40. The maximum atomic E-state index is 13.4. The number of hydrogen-bond donors (Lipinski definition) is 1. The van der Waals surface area contributed by atoms with Gasteiger partial charge in [0.05, 0.1) is 4.90 Å². The lowest BCUT2D eigenvalue weighted by Crippen LogP contribution is -2.43. The summed E-state index contributed by atoms with van der Waals surface area (Å²) in [6.07, 6.45) is 1.20. The predicted molar refractivity (Wildman–Crippen MR) is 112 cm³/mol. The van der Waals surface area contributed by atoms with E-state index in [1.165, 1.54) is 4.31 Å². The molecular weight excluding hydrogens is 372 g/mol. The van der Waals surface area contributed by atoms with Crippen molar-refractivity contribution in [3.63, 3.8) is 0 Å². The number of nitrogens with one attached hydrogen (secondary N) is 1. The Morgan fingerprint density at radius 2 is 1.68 bits per heavy atom. The third-order valence-electron chi connectivity index (χ3n) is 5.54. The summed E-state index contributed by atoms with van der Waals surface area (Å²) in [5.41, 5.74) is 5.28. The summed E-state index contributed by atoms with van der Waals surface area (Å²) in [5.74, 6) is -0.266. The van der Waals surface area contributed by atoms with E-state index < -0.39 is 16.1 Å². The molecule has 1 saturated heterocycles. The fourth-order valence-corrected chi connectivity index (χ4v) is 6.16. The average Bonchev–Trinajstić information content (AvgIpc) is 3.08. The van der Waals surface area contributed by atoms with E-state index in [0.29, 0.717) is 24.3 Å². The van der Waals surface area contributed by atoms with Crippen molar-refractivity contribution in [3.05, 3.63) is 58.1 Å². The Morgan fingerprint density at radius 3 is 2.32 bits per heavy atom. The van der Waals surface area contributed by atoms with Gasteiger partial charge in [-0.1, -0.05) is 29.8 Å². The monoisotopic (exact) mass is 400 g/mol. The highest BCUT2D eigenvalue weighted by Crippen LogP contribution is 2.31. The van der Waals surface area contributed by atoms with E-state index in [1.807, 2.05) is 65.0 Å². The molecule has 1 atom stereocenters. The van der Waals surface area contributed by atoms with E-state index in [-0.39, 0.29) is 5.91 Å². The van der Waals surface area contributed by atoms with Gasteiger partial charge in [-0.15, -0.1) is 0 Å². The highest BCUT2D eigenvalue weighted by atomic mass is 32.2. The number of carbonyl (C=O) groups excluding carboxylic acids is 1. The minimum Gasteiger partial charge on any atom is -0.324 e. The molecule has 1 N–H and O–H groups in total. The molecule has 0 aliphatic carbocycles. The van der Waals surface area contributed by atoms with E-state index in [2.05, 4.69) is 5.32 Å². The van der Waals surface area contributed by atoms with Crippen molar-refractivity contribution in [2.24, 2.45) is 0 Å². The number of aryl methyl sites for hydroxylation is 4. The molecule has 1 amide bonds. The summed E-state index contributed by atoms with van der Waals surface area (Å²) in [6.45, 7) is 9.88. The van der Waals surface area contributed by atoms with Gasteiger partial charge in [0.15, 0.2) is 0 Å². The molecule has 0 spiro atoms. The van der Waals surface area contributed by atoms with Crippen molar-refractivity contribution in [2.45, 2.75) is 58.4 Å². The Bertz CT molecular complexity index is 1010. The Kier molecular flexibility index (Phi) is 5.64. The number of amides is 1. The molecular formula is C22H28N2O3S. The minimum absolute atomic E-state index is 0.266. The average molecular weight is 401 g/mol. The SMILES string of the molecule is Cc1cc(C)c(S(=O)(=O)N2CCCC2C(=O)Nc2cccc(C)c2C)c(C)c1. The van der Waals surface area contributed by atoms with Crippen LogP contribution in [0.25, 0.3) is 0 Å². The Hall–Kier alpha value is -2.18. The van der Waals surface area contributed by atoms with E-state index in [4.69, 9.17) is 0 Å². The molecule has 0 aromatic heterocycles. The number of benzene rings is 2. The quantitative estimate of drug-likeness (QED) is 0.843. The second kappa shape index (κ2) is 7.68. The van der Waals surface area contributed by atoms with Crippen molar-refractivity contribution in [1.29, 1.82) is 0 Å². The van der Waals surface area contributed by atoms with Gasteiger partial charge in [-0.2, -0.15) is 4.31 Å². The first-order valence-corrected chi connectivity index (χ1v) is 11.0. The molecule has 1 aliphatic heterocycles. The number of nitrogens with zero attached hydrogens (tertiary/aromatic N) is 1. The summed E-state index contributed by atoms with van der Waals surface area (Å²) >= 11 is 0. The first-order chi connectivity index (χ1) is 13.1. The fraction of sp³-hybridized carbons (Fsp3) is 0.409. The summed E-state index contributed by atoms with van der Waals surface area (Å²) in [6, 6.07) is 8.79. The molecule has 5 nitrogen and oxygen atoms in total. The van der Waals surface area contributed by atoms with Crippen LogP contribution in [-0.2, 0) is 14.8 Å². The van der Waals surface area contributed by atoms with Gasteiger partial charge >= 0.3 is 0 Å². The summed E-state index contributed by atoms with van der Waals surface area (Å²) in [7, 11) is -3.75. The number of carbonyl (C=O) groups is 1. The minimum atomic E-state index is -3.75. The molecule has 1 heterocycles. The molecule has 0 bridgehead atoms. The molecule has 6 heteroatoms. The number of anilines is 1. The predicted octanol–water partition coefficient (Wildman–Crippen LogP) is 4.02. The standard InChI is InChI=1S/C22H28N2O3S/c1-14-12-16(3)21(17(4)13-14)28(26,27)24-11-7-10-20(24)22(25)23-19-9-6-8-15(2)18(19)5/h6,8-9,12-13,20H,7,10-11H2,1-5H3,(H,23,25). The van der Waals surface area contributed by atoms with Crippen molar-refractivity contribution >= 4 is 21.6 Å². The molecule has 2 aromatic rings. The van der Waals surface area contributed by atoms with Crippen LogP contribution in [0, 0.1) is 34.6 Å². The van der Waals surface area contributed by atoms with Gasteiger partial charge < -0.3 is 5.32 Å². The summed E-state index contributed by atoms with van der Waals surface area (Å²) in [5, 5.41) is 2.94. The van der Waals surface area contributed by atoms with Crippen molar-refractivity contribution in [1.82, 2.24) is 4.31 Å². The van der Waals surface area contributed by atoms with Gasteiger partial charge in [0.1, 0.15) is 6.04 Å². The maximum Gasteiger partial charge on any atom is 0.244 e. The van der Waals surface area contributed by atoms with Gasteiger partial charge in [0.2, 0.25) is 15.9 Å². The Morgan fingerprint density at radius 1 is 1.04 bits per heavy atom. The molecule has 1 fully saturated rings. The highest BCUT2D eigenvalue weighted by molar-refractivity contribution is 7.89. The van der Waals surface area contributed by atoms with Crippen LogP contribution in [0.3, 0.4) is 0 Å². The van der Waals surface area contributed by atoms with Crippen LogP contribution in [-0.4, -0.2) is 31.2 Å². The van der Waals surface area contributed by atoms with E-state index >= 15 is 0 Å². The Labute approximate surface area is 167 Å². The van der Waals surface area contributed by atoms with E-state index in [0.717, 1.165) is 33.5 Å². The number of sulfonamides is 1. The normalized spacial score (nSPS) is 17.7. The molecule has 1 aliphatic rings. The zero-order chi connectivity index (χ0) is 20.6.